The highest BCUT2D eigenvalue weighted by atomic mass is 35.5. The molecule has 1 aliphatic rings. The molecular formula is C24H28ClN3. The van der Waals surface area contributed by atoms with E-state index >= 15 is 0 Å². The van der Waals surface area contributed by atoms with Gasteiger partial charge < -0.3 is 4.90 Å². The molecule has 2 heterocycles. The van der Waals surface area contributed by atoms with Crippen LogP contribution in [0.15, 0.2) is 54.7 Å². The summed E-state index contributed by atoms with van der Waals surface area (Å²) in [6.07, 6.45) is 1.78. The van der Waals surface area contributed by atoms with Crippen molar-refractivity contribution in [2.75, 3.05) is 31.1 Å². The van der Waals surface area contributed by atoms with Crippen LogP contribution in [0.2, 0.25) is 5.15 Å². The van der Waals surface area contributed by atoms with E-state index in [2.05, 4.69) is 78.0 Å². The fourth-order valence-electron chi connectivity index (χ4n) is 3.86. The van der Waals surface area contributed by atoms with Crippen LogP contribution < -0.4 is 4.90 Å². The molecule has 0 amide bonds. The third-order valence-electron chi connectivity index (χ3n) is 5.66. The number of hydrogen-bond donors (Lipinski definition) is 0. The van der Waals surface area contributed by atoms with Gasteiger partial charge in [0.05, 0.1) is 0 Å². The Morgan fingerprint density at radius 3 is 2.32 bits per heavy atom. The lowest BCUT2D eigenvalue weighted by Gasteiger charge is -2.36. The summed E-state index contributed by atoms with van der Waals surface area (Å²) >= 11 is 6.19. The molecule has 0 N–H and O–H groups in total. The molecule has 0 unspecified atom stereocenters. The third kappa shape index (κ3) is 4.16. The Morgan fingerprint density at radius 1 is 0.929 bits per heavy atom. The molecule has 1 fully saturated rings. The largest absolute Gasteiger partial charge is 0.369 e. The molecule has 4 rings (SSSR count). The summed E-state index contributed by atoms with van der Waals surface area (Å²) in [5.41, 5.74) is 4.27. The van der Waals surface area contributed by atoms with Gasteiger partial charge in [0, 0.05) is 50.0 Å². The minimum Gasteiger partial charge on any atom is -0.369 e. The average Bonchev–Trinajstić information content (AvgIpc) is 2.68. The van der Waals surface area contributed by atoms with Crippen molar-refractivity contribution in [3.8, 4) is 0 Å². The zero-order chi connectivity index (χ0) is 19.7. The van der Waals surface area contributed by atoms with E-state index in [-0.39, 0.29) is 5.41 Å². The summed E-state index contributed by atoms with van der Waals surface area (Å²) < 4.78 is 0. The normalized spacial score (nSPS) is 15.9. The summed E-state index contributed by atoms with van der Waals surface area (Å²) in [5.74, 6) is 0. The summed E-state index contributed by atoms with van der Waals surface area (Å²) in [6, 6.07) is 17.6. The van der Waals surface area contributed by atoms with Crippen molar-refractivity contribution in [3.63, 3.8) is 0 Å². The number of nitrogens with zero attached hydrogens (tertiary/aromatic N) is 3. The number of rotatable bonds is 3. The van der Waals surface area contributed by atoms with Crippen LogP contribution in [0.1, 0.15) is 31.9 Å². The van der Waals surface area contributed by atoms with Crippen molar-refractivity contribution in [1.82, 2.24) is 9.88 Å². The van der Waals surface area contributed by atoms with E-state index < -0.39 is 0 Å². The van der Waals surface area contributed by atoms with E-state index in [4.69, 9.17) is 11.6 Å². The topological polar surface area (TPSA) is 19.4 Å². The summed E-state index contributed by atoms with van der Waals surface area (Å²) in [6.45, 7) is 12.1. The smallest absolute Gasteiger partial charge is 0.136 e. The predicted octanol–water partition coefficient (Wildman–Crippen LogP) is 5.51. The maximum Gasteiger partial charge on any atom is 0.136 e. The number of fused-ring (bicyclic) bond motifs is 1. The van der Waals surface area contributed by atoms with E-state index in [1.807, 2.05) is 6.07 Å². The second kappa shape index (κ2) is 7.73. The molecule has 0 bridgehead atoms. The molecule has 28 heavy (non-hydrogen) atoms. The zero-order valence-electron chi connectivity index (χ0n) is 17.0. The molecule has 0 saturated carbocycles. The number of benzene rings is 2. The fourth-order valence-corrected chi connectivity index (χ4v) is 4.09. The molecule has 1 aromatic heterocycles. The van der Waals surface area contributed by atoms with Crippen LogP contribution in [0.25, 0.3) is 10.8 Å². The SMILES string of the molecule is CC(C)(C)c1ccc(CN2CCN(c3ccc4c(Cl)nccc4c3)CC2)cc1. The highest BCUT2D eigenvalue weighted by Crippen LogP contribution is 2.27. The lowest BCUT2D eigenvalue weighted by atomic mass is 9.87. The zero-order valence-corrected chi connectivity index (χ0v) is 17.7. The van der Waals surface area contributed by atoms with Crippen molar-refractivity contribution < 1.29 is 0 Å². The molecule has 0 aliphatic carbocycles. The van der Waals surface area contributed by atoms with Crippen molar-refractivity contribution in [2.45, 2.75) is 32.7 Å². The van der Waals surface area contributed by atoms with Gasteiger partial charge in [-0.1, -0.05) is 56.6 Å². The lowest BCUT2D eigenvalue weighted by Crippen LogP contribution is -2.45. The number of hydrogen-bond acceptors (Lipinski definition) is 3. The first-order valence-electron chi connectivity index (χ1n) is 10.0. The van der Waals surface area contributed by atoms with Crippen molar-refractivity contribution in [2.24, 2.45) is 0 Å². The minimum atomic E-state index is 0.213. The Labute approximate surface area is 172 Å². The molecule has 4 heteroatoms. The number of aromatic nitrogens is 1. The van der Waals surface area contributed by atoms with Crippen LogP contribution in [0.5, 0.6) is 0 Å². The molecule has 1 saturated heterocycles. The minimum absolute atomic E-state index is 0.213. The second-order valence-electron chi connectivity index (χ2n) is 8.72. The van der Waals surface area contributed by atoms with Crippen LogP contribution in [0.3, 0.4) is 0 Å². The highest BCUT2D eigenvalue weighted by molar-refractivity contribution is 6.34. The Morgan fingerprint density at radius 2 is 1.64 bits per heavy atom. The van der Waals surface area contributed by atoms with Gasteiger partial charge in [0.1, 0.15) is 5.15 Å². The fraction of sp³-hybridized carbons (Fsp3) is 0.375. The van der Waals surface area contributed by atoms with Gasteiger partial charge in [0.2, 0.25) is 0 Å². The van der Waals surface area contributed by atoms with E-state index in [0.717, 1.165) is 43.5 Å². The Kier molecular flexibility index (Phi) is 5.31. The summed E-state index contributed by atoms with van der Waals surface area (Å²) in [4.78, 5) is 9.17. The maximum absolute atomic E-state index is 6.19. The van der Waals surface area contributed by atoms with E-state index in [1.54, 1.807) is 6.20 Å². The molecule has 3 aromatic rings. The van der Waals surface area contributed by atoms with Gasteiger partial charge in [0.25, 0.3) is 0 Å². The maximum atomic E-state index is 6.19. The monoisotopic (exact) mass is 393 g/mol. The van der Waals surface area contributed by atoms with Gasteiger partial charge >= 0.3 is 0 Å². The van der Waals surface area contributed by atoms with Crippen LogP contribution in [0.4, 0.5) is 5.69 Å². The Bertz CT molecular complexity index is 952. The summed E-state index contributed by atoms with van der Waals surface area (Å²) in [5, 5.41) is 2.75. The third-order valence-corrected chi connectivity index (χ3v) is 5.96. The number of pyridine rings is 1. The Hall–Kier alpha value is -2.10. The van der Waals surface area contributed by atoms with Gasteiger partial charge in [-0.25, -0.2) is 4.98 Å². The first-order chi connectivity index (χ1) is 13.4. The molecule has 1 aliphatic heterocycles. The second-order valence-corrected chi connectivity index (χ2v) is 9.08. The van der Waals surface area contributed by atoms with Crippen molar-refractivity contribution in [1.29, 1.82) is 0 Å². The molecule has 0 radical (unpaired) electrons. The van der Waals surface area contributed by atoms with E-state index in [1.165, 1.54) is 16.8 Å². The number of halogens is 1. The van der Waals surface area contributed by atoms with Crippen molar-refractivity contribution in [3.05, 3.63) is 71.0 Å². The summed E-state index contributed by atoms with van der Waals surface area (Å²) in [7, 11) is 0. The quantitative estimate of drug-likeness (QED) is 0.547. The van der Waals surface area contributed by atoms with E-state index in [9.17, 15) is 0 Å². The number of piperazine rings is 1. The average molecular weight is 394 g/mol. The molecule has 3 nitrogen and oxygen atoms in total. The van der Waals surface area contributed by atoms with Gasteiger partial charge in [-0.15, -0.1) is 0 Å². The van der Waals surface area contributed by atoms with Gasteiger partial charge in [0.15, 0.2) is 0 Å². The molecule has 0 atom stereocenters. The molecule has 146 valence electrons. The van der Waals surface area contributed by atoms with Crippen LogP contribution >= 0.6 is 11.6 Å². The van der Waals surface area contributed by atoms with Gasteiger partial charge in [-0.05, 0) is 46.2 Å². The Balaban J connectivity index is 1.38. The standard InChI is InChI=1S/C24H28ClN3/c1-24(2,3)20-6-4-18(5-7-20)17-27-12-14-28(15-13-27)21-8-9-22-19(16-21)10-11-26-23(22)25/h4-11,16H,12-15,17H2,1-3H3. The lowest BCUT2D eigenvalue weighted by molar-refractivity contribution is 0.250. The van der Waals surface area contributed by atoms with E-state index in [0.29, 0.717) is 5.15 Å². The first-order valence-corrected chi connectivity index (χ1v) is 10.4. The van der Waals surface area contributed by atoms with Crippen LogP contribution in [0, 0.1) is 0 Å². The van der Waals surface area contributed by atoms with Crippen molar-refractivity contribution >= 4 is 28.1 Å². The number of anilines is 1. The molecule has 0 spiro atoms. The first kappa shape index (κ1) is 19.2. The predicted molar refractivity (Wildman–Crippen MR) is 119 cm³/mol. The van der Waals surface area contributed by atoms with Gasteiger partial charge in [-0.3, -0.25) is 4.90 Å². The molecule has 2 aromatic carbocycles. The van der Waals surface area contributed by atoms with Crippen LogP contribution in [-0.4, -0.2) is 36.1 Å². The van der Waals surface area contributed by atoms with Gasteiger partial charge in [-0.2, -0.15) is 0 Å². The molecular weight excluding hydrogens is 366 g/mol. The highest BCUT2D eigenvalue weighted by Gasteiger charge is 2.18. The van der Waals surface area contributed by atoms with Crippen LogP contribution in [-0.2, 0) is 12.0 Å².